The summed E-state index contributed by atoms with van der Waals surface area (Å²) in [6, 6.07) is 3.44. The third-order valence-electron chi connectivity index (χ3n) is 2.79. The van der Waals surface area contributed by atoms with E-state index in [0.29, 0.717) is 6.42 Å². The van der Waals surface area contributed by atoms with E-state index in [1.807, 2.05) is 0 Å². The number of nitrogens with zero attached hydrogens (tertiary/aromatic N) is 1. The average molecular weight is 285 g/mol. The van der Waals surface area contributed by atoms with Gasteiger partial charge in [-0.2, -0.15) is 0 Å². The summed E-state index contributed by atoms with van der Waals surface area (Å²) in [6.07, 6.45) is 0.534. The van der Waals surface area contributed by atoms with Crippen LogP contribution >= 0.6 is 0 Å². The topological polar surface area (TPSA) is 121 Å². The number of para-hydroxylation sites is 1. The number of rotatable bonds is 7. The molecular formula is C12H16FN3O4. The molecule has 110 valence electrons. The lowest BCUT2D eigenvalue weighted by Gasteiger charge is -2.20. The van der Waals surface area contributed by atoms with E-state index >= 15 is 0 Å². The molecule has 1 atom stereocenters. The average Bonchev–Trinajstić information content (AvgIpc) is 2.35. The first kappa shape index (κ1) is 15.8. The van der Waals surface area contributed by atoms with Gasteiger partial charge >= 0.3 is 5.69 Å². The van der Waals surface area contributed by atoms with Crippen molar-refractivity contribution in [3.05, 3.63) is 34.1 Å². The maximum atomic E-state index is 13.5. The lowest BCUT2D eigenvalue weighted by atomic mass is 9.97. The van der Waals surface area contributed by atoms with Crippen molar-refractivity contribution >= 4 is 11.6 Å². The number of hydrogen-bond acceptors (Lipinski definition) is 5. The fourth-order valence-electron chi connectivity index (χ4n) is 1.52. The molecule has 0 bridgehead atoms. The molecule has 1 rings (SSSR count). The molecule has 0 spiro atoms. The van der Waals surface area contributed by atoms with Gasteiger partial charge in [-0.25, -0.2) is 4.39 Å². The van der Waals surface area contributed by atoms with Crippen molar-refractivity contribution in [3.8, 4) is 5.75 Å². The van der Waals surface area contributed by atoms with Crippen molar-refractivity contribution in [1.29, 1.82) is 0 Å². The number of amides is 1. The molecule has 0 aromatic heterocycles. The van der Waals surface area contributed by atoms with Crippen LogP contribution in [0.3, 0.4) is 0 Å². The standard InChI is InChI=1S/C12H16FN3O4/c1-12(15,11(14)17)6-3-7-20-10-8(13)4-2-5-9(10)16(18)19/h2,4-5H,3,6-7,15H2,1H3,(H2,14,17). The van der Waals surface area contributed by atoms with Gasteiger partial charge in [0.1, 0.15) is 0 Å². The van der Waals surface area contributed by atoms with E-state index in [1.165, 1.54) is 13.0 Å². The van der Waals surface area contributed by atoms with Gasteiger partial charge in [0, 0.05) is 6.07 Å². The van der Waals surface area contributed by atoms with Gasteiger partial charge in [0.2, 0.25) is 11.7 Å². The Morgan fingerprint density at radius 1 is 1.55 bits per heavy atom. The van der Waals surface area contributed by atoms with Gasteiger partial charge in [0.25, 0.3) is 0 Å². The van der Waals surface area contributed by atoms with E-state index in [1.54, 1.807) is 0 Å². The molecule has 20 heavy (non-hydrogen) atoms. The molecule has 0 heterocycles. The van der Waals surface area contributed by atoms with Crippen molar-refractivity contribution in [1.82, 2.24) is 0 Å². The van der Waals surface area contributed by atoms with Crippen LogP contribution < -0.4 is 16.2 Å². The van der Waals surface area contributed by atoms with Crippen LogP contribution in [0.5, 0.6) is 5.75 Å². The first-order valence-corrected chi connectivity index (χ1v) is 5.90. The van der Waals surface area contributed by atoms with E-state index in [-0.39, 0.29) is 13.0 Å². The number of carbonyl (C=O) groups excluding carboxylic acids is 1. The Kier molecular flexibility index (Phi) is 4.98. The molecule has 0 saturated carbocycles. The highest BCUT2D eigenvalue weighted by molar-refractivity contribution is 5.83. The van der Waals surface area contributed by atoms with Crippen LogP contribution in [-0.2, 0) is 4.79 Å². The van der Waals surface area contributed by atoms with Gasteiger partial charge in [-0.1, -0.05) is 6.07 Å². The van der Waals surface area contributed by atoms with E-state index in [0.717, 1.165) is 12.1 Å². The Bertz CT molecular complexity index is 519. The van der Waals surface area contributed by atoms with E-state index < -0.39 is 33.6 Å². The first-order chi connectivity index (χ1) is 9.25. The van der Waals surface area contributed by atoms with Crippen molar-refractivity contribution in [2.45, 2.75) is 25.3 Å². The Morgan fingerprint density at radius 3 is 2.75 bits per heavy atom. The Morgan fingerprint density at radius 2 is 2.20 bits per heavy atom. The highest BCUT2D eigenvalue weighted by Gasteiger charge is 2.25. The first-order valence-electron chi connectivity index (χ1n) is 5.90. The van der Waals surface area contributed by atoms with Crippen molar-refractivity contribution in [2.75, 3.05) is 6.61 Å². The molecule has 4 N–H and O–H groups in total. The van der Waals surface area contributed by atoms with Crippen molar-refractivity contribution in [3.63, 3.8) is 0 Å². The van der Waals surface area contributed by atoms with Gasteiger partial charge in [-0.3, -0.25) is 14.9 Å². The zero-order chi connectivity index (χ0) is 15.3. The minimum atomic E-state index is -1.19. The molecule has 0 aliphatic heterocycles. The fraction of sp³-hybridized carbons (Fsp3) is 0.417. The van der Waals surface area contributed by atoms with Crippen molar-refractivity contribution < 1.29 is 18.8 Å². The smallest absolute Gasteiger partial charge is 0.314 e. The summed E-state index contributed by atoms with van der Waals surface area (Å²) >= 11 is 0. The summed E-state index contributed by atoms with van der Waals surface area (Å²) in [5.41, 5.74) is 9.09. The van der Waals surface area contributed by atoms with E-state index in [2.05, 4.69) is 0 Å². The third kappa shape index (κ3) is 3.89. The molecule has 1 aromatic carbocycles. The molecular weight excluding hydrogens is 269 g/mol. The predicted molar refractivity (Wildman–Crippen MR) is 69.6 cm³/mol. The quantitative estimate of drug-likeness (QED) is 0.441. The molecule has 7 nitrogen and oxygen atoms in total. The minimum Gasteiger partial charge on any atom is -0.485 e. The molecule has 8 heteroatoms. The molecule has 0 radical (unpaired) electrons. The number of nitro benzene ring substituents is 1. The molecule has 1 amide bonds. The highest BCUT2D eigenvalue weighted by atomic mass is 19.1. The third-order valence-corrected chi connectivity index (χ3v) is 2.79. The SMILES string of the molecule is CC(N)(CCCOc1c(F)cccc1[N+](=O)[O-])C(N)=O. The monoisotopic (exact) mass is 285 g/mol. The molecule has 1 unspecified atom stereocenters. The van der Waals surface area contributed by atoms with Crippen LogP contribution in [0.15, 0.2) is 18.2 Å². The minimum absolute atomic E-state index is 0.0121. The van der Waals surface area contributed by atoms with Crippen molar-refractivity contribution in [2.24, 2.45) is 11.5 Å². The zero-order valence-electron chi connectivity index (χ0n) is 11.0. The van der Waals surface area contributed by atoms with Crippen LogP contribution in [0.4, 0.5) is 10.1 Å². The summed E-state index contributed by atoms with van der Waals surface area (Å²) in [5.74, 6) is -1.89. The van der Waals surface area contributed by atoms with Gasteiger partial charge in [-0.05, 0) is 25.8 Å². The molecule has 0 aliphatic carbocycles. The Balaban J connectivity index is 2.63. The highest BCUT2D eigenvalue weighted by Crippen LogP contribution is 2.29. The number of nitrogens with two attached hydrogens (primary N) is 2. The van der Waals surface area contributed by atoms with Crippen LogP contribution in [0.25, 0.3) is 0 Å². The lowest BCUT2D eigenvalue weighted by molar-refractivity contribution is -0.386. The lowest BCUT2D eigenvalue weighted by Crippen LogP contribution is -2.49. The Labute approximate surface area is 114 Å². The normalized spacial score (nSPS) is 13.6. The van der Waals surface area contributed by atoms with Gasteiger partial charge in [0.15, 0.2) is 5.82 Å². The van der Waals surface area contributed by atoms with Gasteiger partial charge in [-0.15, -0.1) is 0 Å². The number of nitro groups is 1. The van der Waals surface area contributed by atoms with Gasteiger partial charge in [0.05, 0.1) is 17.1 Å². The number of benzene rings is 1. The number of ether oxygens (including phenoxy) is 1. The Hall–Kier alpha value is -2.22. The summed E-state index contributed by atoms with van der Waals surface area (Å²) in [5, 5.41) is 10.7. The predicted octanol–water partition coefficient (Wildman–Crippen LogP) is 1.10. The second kappa shape index (κ2) is 6.29. The maximum absolute atomic E-state index is 13.5. The summed E-state index contributed by atoms with van der Waals surface area (Å²) in [7, 11) is 0. The number of halogens is 1. The fourth-order valence-corrected chi connectivity index (χ4v) is 1.52. The van der Waals surface area contributed by atoms with Crippen LogP contribution in [0.1, 0.15) is 19.8 Å². The zero-order valence-corrected chi connectivity index (χ0v) is 11.0. The largest absolute Gasteiger partial charge is 0.485 e. The maximum Gasteiger partial charge on any atom is 0.314 e. The van der Waals surface area contributed by atoms with Crippen LogP contribution in [0, 0.1) is 15.9 Å². The molecule has 0 saturated heterocycles. The van der Waals surface area contributed by atoms with Crippen LogP contribution in [-0.4, -0.2) is 23.0 Å². The summed E-state index contributed by atoms with van der Waals surface area (Å²) in [4.78, 5) is 21.0. The second-order valence-electron chi connectivity index (χ2n) is 4.58. The van der Waals surface area contributed by atoms with Gasteiger partial charge < -0.3 is 16.2 Å². The van der Waals surface area contributed by atoms with E-state index in [4.69, 9.17) is 16.2 Å². The van der Waals surface area contributed by atoms with E-state index in [9.17, 15) is 19.3 Å². The molecule has 0 aliphatic rings. The summed E-state index contributed by atoms with van der Waals surface area (Å²) in [6.45, 7) is 1.46. The van der Waals surface area contributed by atoms with Crippen LogP contribution in [0.2, 0.25) is 0 Å². The second-order valence-corrected chi connectivity index (χ2v) is 4.58. The summed E-state index contributed by atoms with van der Waals surface area (Å²) < 4.78 is 18.6. The number of hydrogen-bond donors (Lipinski definition) is 2. The molecule has 0 fully saturated rings. The number of carbonyl (C=O) groups is 1. The molecule has 1 aromatic rings. The number of primary amides is 1.